The summed E-state index contributed by atoms with van der Waals surface area (Å²) in [6.07, 6.45) is -0.153. The number of aliphatic hydroxyl groups excluding tert-OH is 1. The van der Waals surface area contributed by atoms with Crippen LogP contribution < -0.4 is 10.9 Å². The van der Waals surface area contributed by atoms with Crippen molar-refractivity contribution >= 4 is 17.3 Å². The molecule has 0 amide bonds. The number of halogens is 3. The summed E-state index contributed by atoms with van der Waals surface area (Å²) in [6, 6.07) is 3.30. The van der Waals surface area contributed by atoms with Gasteiger partial charge in [-0.1, -0.05) is 17.7 Å². The normalized spacial score (nSPS) is 12.2. The average Bonchev–Trinajstić information content (AvgIpc) is 2.44. The van der Waals surface area contributed by atoms with E-state index < -0.39 is 28.9 Å². The molecule has 1 aromatic heterocycles. The number of rotatable bonds is 4. The minimum absolute atomic E-state index is 0.117. The summed E-state index contributed by atoms with van der Waals surface area (Å²) in [4.78, 5) is 11.6. The van der Waals surface area contributed by atoms with Crippen LogP contribution in [-0.2, 0) is 7.05 Å². The Bertz CT molecular complexity index is 701. The first kappa shape index (κ1) is 15.4. The number of benzene rings is 1. The van der Waals surface area contributed by atoms with Crippen molar-refractivity contribution < 1.29 is 13.9 Å². The third kappa shape index (κ3) is 3.20. The molecule has 2 rings (SSSR count). The van der Waals surface area contributed by atoms with Crippen LogP contribution in [0.5, 0.6) is 0 Å². The summed E-state index contributed by atoms with van der Waals surface area (Å²) in [6.45, 7) is -0.230. The van der Waals surface area contributed by atoms with Crippen molar-refractivity contribution in [3.05, 3.63) is 57.0 Å². The molecule has 0 spiro atoms. The topological polar surface area (TPSA) is 67.2 Å². The number of anilines is 1. The number of nitrogens with one attached hydrogen (secondary N) is 1. The number of aliphatic hydroxyl groups is 1. The van der Waals surface area contributed by atoms with E-state index in [4.69, 9.17) is 11.6 Å². The molecule has 1 unspecified atom stereocenters. The first-order valence-corrected chi connectivity index (χ1v) is 6.37. The van der Waals surface area contributed by atoms with Crippen LogP contribution in [0, 0.1) is 11.6 Å². The van der Waals surface area contributed by atoms with E-state index in [0.717, 1.165) is 16.8 Å². The maximum atomic E-state index is 13.5. The monoisotopic (exact) mass is 315 g/mol. The molecule has 1 aromatic carbocycles. The van der Waals surface area contributed by atoms with Crippen LogP contribution in [0.1, 0.15) is 11.7 Å². The van der Waals surface area contributed by atoms with E-state index in [1.165, 1.54) is 19.3 Å². The number of hydrogen-bond acceptors (Lipinski definition) is 4. The lowest BCUT2D eigenvalue weighted by Gasteiger charge is -2.15. The molecule has 0 saturated heterocycles. The fourth-order valence-corrected chi connectivity index (χ4v) is 2.01. The molecule has 5 nitrogen and oxygen atoms in total. The number of hydrogen-bond donors (Lipinski definition) is 2. The van der Waals surface area contributed by atoms with Crippen molar-refractivity contribution in [2.45, 2.75) is 6.10 Å². The third-order valence-electron chi connectivity index (χ3n) is 2.90. The Balaban J connectivity index is 2.17. The van der Waals surface area contributed by atoms with Gasteiger partial charge in [-0.25, -0.2) is 13.5 Å². The van der Waals surface area contributed by atoms with Gasteiger partial charge < -0.3 is 10.4 Å². The first-order valence-electron chi connectivity index (χ1n) is 5.99. The SMILES string of the molecule is Cn1ncc(NCC(O)c2c(F)cccc2F)c(Cl)c1=O. The van der Waals surface area contributed by atoms with E-state index in [1.807, 2.05) is 0 Å². The molecule has 112 valence electrons. The van der Waals surface area contributed by atoms with Gasteiger partial charge in [-0.05, 0) is 12.1 Å². The van der Waals surface area contributed by atoms with Crippen LogP contribution in [-0.4, -0.2) is 21.4 Å². The van der Waals surface area contributed by atoms with Gasteiger partial charge in [0.05, 0.1) is 17.4 Å². The van der Waals surface area contributed by atoms with Gasteiger partial charge in [-0.15, -0.1) is 0 Å². The quantitative estimate of drug-likeness (QED) is 0.903. The Morgan fingerprint density at radius 1 is 1.43 bits per heavy atom. The summed E-state index contributed by atoms with van der Waals surface area (Å²) in [7, 11) is 1.43. The molecule has 21 heavy (non-hydrogen) atoms. The highest BCUT2D eigenvalue weighted by Gasteiger charge is 2.18. The van der Waals surface area contributed by atoms with Gasteiger partial charge in [0.25, 0.3) is 5.56 Å². The Kier molecular flexibility index (Phi) is 4.54. The molecule has 2 N–H and O–H groups in total. The fraction of sp³-hybridized carbons (Fsp3) is 0.231. The standard InChI is InChI=1S/C13H12ClF2N3O2/c1-19-13(21)12(14)9(5-18-19)17-6-10(20)11-7(15)3-2-4-8(11)16/h2-5,10,17,20H,6H2,1H3. The molecule has 0 saturated carbocycles. The highest BCUT2D eigenvalue weighted by Crippen LogP contribution is 2.22. The molecule has 8 heteroatoms. The van der Waals surface area contributed by atoms with Crippen LogP contribution in [0.15, 0.2) is 29.2 Å². The van der Waals surface area contributed by atoms with Gasteiger partial charge in [0.15, 0.2) is 0 Å². The van der Waals surface area contributed by atoms with E-state index in [1.54, 1.807) is 0 Å². The van der Waals surface area contributed by atoms with Gasteiger partial charge >= 0.3 is 0 Å². The highest BCUT2D eigenvalue weighted by atomic mass is 35.5. The van der Waals surface area contributed by atoms with Crippen LogP contribution >= 0.6 is 11.6 Å². The first-order chi connectivity index (χ1) is 9.91. The molecular formula is C13H12ClF2N3O2. The molecule has 1 heterocycles. The highest BCUT2D eigenvalue weighted by molar-refractivity contribution is 6.32. The lowest BCUT2D eigenvalue weighted by atomic mass is 10.1. The van der Waals surface area contributed by atoms with Gasteiger partial charge in [-0.3, -0.25) is 4.79 Å². The van der Waals surface area contributed by atoms with Gasteiger partial charge in [0, 0.05) is 13.6 Å². The molecule has 0 aliphatic rings. The van der Waals surface area contributed by atoms with Crippen molar-refractivity contribution in [3.8, 4) is 0 Å². The third-order valence-corrected chi connectivity index (χ3v) is 3.26. The largest absolute Gasteiger partial charge is 0.386 e. The van der Waals surface area contributed by atoms with E-state index >= 15 is 0 Å². The molecule has 0 fully saturated rings. The van der Waals surface area contributed by atoms with E-state index in [-0.39, 0.29) is 17.3 Å². The fourth-order valence-electron chi connectivity index (χ4n) is 1.77. The van der Waals surface area contributed by atoms with Crippen LogP contribution in [0.4, 0.5) is 14.5 Å². The van der Waals surface area contributed by atoms with Gasteiger partial charge in [0.2, 0.25) is 0 Å². The molecule has 1 atom stereocenters. The maximum absolute atomic E-state index is 13.5. The minimum Gasteiger partial charge on any atom is -0.386 e. The second-order valence-corrected chi connectivity index (χ2v) is 4.71. The zero-order valence-electron chi connectivity index (χ0n) is 11.0. The lowest BCUT2D eigenvalue weighted by molar-refractivity contribution is 0.181. The number of aryl methyl sites for hydroxylation is 1. The molecular weight excluding hydrogens is 304 g/mol. The predicted molar refractivity (Wildman–Crippen MR) is 74.3 cm³/mol. The molecule has 0 aliphatic heterocycles. The van der Waals surface area contributed by atoms with Crippen LogP contribution in [0.3, 0.4) is 0 Å². The van der Waals surface area contributed by atoms with Gasteiger partial charge in [0.1, 0.15) is 22.8 Å². The van der Waals surface area contributed by atoms with Crippen molar-refractivity contribution in [2.75, 3.05) is 11.9 Å². The van der Waals surface area contributed by atoms with Crippen molar-refractivity contribution in [2.24, 2.45) is 7.05 Å². The van der Waals surface area contributed by atoms with Crippen LogP contribution in [0.2, 0.25) is 5.02 Å². The Labute approximate surface area is 123 Å². The molecule has 2 aromatic rings. The Morgan fingerprint density at radius 3 is 2.67 bits per heavy atom. The summed E-state index contributed by atoms with van der Waals surface area (Å²) >= 11 is 5.82. The van der Waals surface area contributed by atoms with E-state index in [9.17, 15) is 18.7 Å². The zero-order chi connectivity index (χ0) is 15.6. The number of aromatic nitrogens is 2. The van der Waals surface area contributed by atoms with Crippen LogP contribution in [0.25, 0.3) is 0 Å². The number of nitrogens with zero attached hydrogens (tertiary/aromatic N) is 2. The summed E-state index contributed by atoms with van der Waals surface area (Å²) in [5.41, 5.74) is -0.790. The molecule has 0 bridgehead atoms. The maximum Gasteiger partial charge on any atom is 0.287 e. The van der Waals surface area contributed by atoms with Crippen molar-refractivity contribution in [1.82, 2.24) is 9.78 Å². The summed E-state index contributed by atoms with van der Waals surface area (Å²) < 4.78 is 28.0. The Morgan fingerprint density at radius 2 is 2.05 bits per heavy atom. The smallest absolute Gasteiger partial charge is 0.287 e. The lowest BCUT2D eigenvalue weighted by Crippen LogP contribution is -2.22. The van der Waals surface area contributed by atoms with Gasteiger partial charge in [-0.2, -0.15) is 5.10 Å². The predicted octanol–water partition coefficient (Wildman–Crippen LogP) is 1.86. The van der Waals surface area contributed by atoms with E-state index in [0.29, 0.717) is 0 Å². The van der Waals surface area contributed by atoms with Crippen molar-refractivity contribution in [1.29, 1.82) is 0 Å². The Hall–Kier alpha value is -1.99. The summed E-state index contributed by atoms with van der Waals surface area (Å²) in [5, 5.41) is 16.1. The molecule has 0 radical (unpaired) electrons. The second-order valence-electron chi connectivity index (χ2n) is 4.33. The van der Waals surface area contributed by atoms with Crippen molar-refractivity contribution in [3.63, 3.8) is 0 Å². The zero-order valence-corrected chi connectivity index (χ0v) is 11.7. The minimum atomic E-state index is -1.44. The van der Waals surface area contributed by atoms with E-state index in [2.05, 4.69) is 10.4 Å². The summed E-state index contributed by atoms with van der Waals surface area (Å²) in [5.74, 6) is -1.70. The molecule has 0 aliphatic carbocycles. The average molecular weight is 316 g/mol. The second kappa shape index (κ2) is 6.19.